The molecule has 0 radical (unpaired) electrons. The molecule has 3 aromatic rings. The van der Waals surface area contributed by atoms with Gasteiger partial charge in [-0.05, 0) is 39.0 Å². The van der Waals surface area contributed by atoms with Crippen LogP contribution < -0.4 is 15.0 Å². The molecular formula is C23H25N3O4. The monoisotopic (exact) mass is 407 g/mol. The van der Waals surface area contributed by atoms with Gasteiger partial charge in [-0.3, -0.25) is 9.59 Å². The summed E-state index contributed by atoms with van der Waals surface area (Å²) in [6.45, 7) is 6.48. The van der Waals surface area contributed by atoms with E-state index in [1.54, 1.807) is 23.1 Å². The quantitative estimate of drug-likeness (QED) is 0.679. The second kappa shape index (κ2) is 7.82. The molecule has 1 amide bonds. The zero-order chi connectivity index (χ0) is 21.3. The van der Waals surface area contributed by atoms with Gasteiger partial charge in [0.15, 0.2) is 18.1 Å². The van der Waals surface area contributed by atoms with Gasteiger partial charge in [0.05, 0.1) is 17.4 Å². The molecule has 1 N–H and O–H groups in total. The number of benzene rings is 2. The van der Waals surface area contributed by atoms with Gasteiger partial charge in [-0.1, -0.05) is 24.3 Å². The van der Waals surface area contributed by atoms with Crippen LogP contribution in [0.3, 0.4) is 0 Å². The van der Waals surface area contributed by atoms with Crippen LogP contribution in [0.5, 0.6) is 11.5 Å². The Morgan fingerprint density at radius 2 is 2.03 bits per heavy atom. The van der Waals surface area contributed by atoms with Crippen molar-refractivity contribution in [1.29, 1.82) is 0 Å². The first-order valence-corrected chi connectivity index (χ1v) is 10.1. The summed E-state index contributed by atoms with van der Waals surface area (Å²) in [5.41, 5.74) is 1.19. The van der Waals surface area contributed by atoms with Gasteiger partial charge < -0.3 is 19.4 Å². The van der Waals surface area contributed by atoms with Crippen LogP contribution >= 0.6 is 0 Å². The van der Waals surface area contributed by atoms with Crippen LogP contribution in [-0.2, 0) is 17.8 Å². The predicted octanol–water partition coefficient (Wildman–Crippen LogP) is 3.06. The minimum atomic E-state index is -0.283. The number of para-hydroxylation sites is 2. The molecule has 1 aliphatic heterocycles. The first-order chi connectivity index (χ1) is 14.4. The van der Waals surface area contributed by atoms with E-state index in [9.17, 15) is 9.59 Å². The first kappa shape index (κ1) is 19.9. The maximum atomic E-state index is 12.8. The van der Waals surface area contributed by atoms with Crippen LogP contribution in [0.2, 0.25) is 0 Å². The Hall–Kier alpha value is -3.35. The van der Waals surface area contributed by atoms with Crippen LogP contribution in [0.4, 0.5) is 0 Å². The van der Waals surface area contributed by atoms with Crippen molar-refractivity contribution in [3.05, 3.63) is 64.2 Å². The second-order valence-electron chi connectivity index (χ2n) is 8.01. The van der Waals surface area contributed by atoms with E-state index in [2.05, 4.69) is 9.97 Å². The highest BCUT2D eigenvalue weighted by Gasteiger charge is 2.32. The smallest absolute Gasteiger partial charge is 0.260 e. The number of likely N-dealkylation sites (N-methyl/N-ethyl adjacent to an activating group) is 1. The summed E-state index contributed by atoms with van der Waals surface area (Å²) in [6.07, 6.45) is 0.801. The molecule has 156 valence electrons. The average Bonchev–Trinajstić information content (AvgIpc) is 3.04. The number of fused-ring (bicyclic) bond motifs is 2. The molecule has 0 aliphatic carbocycles. The van der Waals surface area contributed by atoms with E-state index in [0.717, 1.165) is 12.0 Å². The van der Waals surface area contributed by atoms with Gasteiger partial charge in [0, 0.05) is 18.5 Å². The zero-order valence-corrected chi connectivity index (χ0v) is 17.4. The minimum absolute atomic E-state index is 0.119. The molecular weight excluding hydrogens is 382 g/mol. The number of hydrogen-bond donors (Lipinski definition) is 1. The summed E-state index contributed by atoms with van der Waals surface area (Å²) >= 11 is 0. The lowest BCUT2D eigenvalue weighted by Gasteiger charge is -2.21. The fraction of sp³-hybridized carbons (Fsp3) is 0.348. The molecule has 0 bridgehead atoms. The van der Waals surface area contributed by atoms with E-state index >= 15 is 0 Å². The van der Waals surface area contributed by atoms with Crippen molar-refractivity contribution in [3.63, 3.8) is 0 Å². The molecule has 1 aromatic heterocycles. The Balaban J connectivity index is 1.46. The highest BCUT2D eigenvalue weighted by atomic mass is 16.5. The summed E-state index contributed by atoms with van der Waals surface area (Å²) in [5, 5.41) is 0.528. The number of carbonyl (C=O) groups is 1. The third-order valence-electron chi connectivity index (χ3n) is 5.14. The number of nitrogens with zero attached hydrogens (tertiary/aromatic N) is 2. The summed E-state index contributed by atoms with van der Waals surface area (Å²) < 4.78 is 11.8. The fourth-order valence-corrected chi connectivity index (χ4v) is 3.70. The zero-order valence-electron chi connectivity index (χ0n) is 17.4. The Bertz CT molecular complexity index is 1150. The van der Waals surface area contributed by atoms with Crippen molar-refractivity contribution in [1.82, 2.24) is 14.9 Å². The van der Waals surface area contributed by atoms with Crippen LogP contribution in [0, 0.1) is 0 Å². The number of H-pyrrole nitrogens is 1. The van der Waals surface area contributed by atoms with Gasteiger partial charge in [-0.15, -0.1) is 0 Å². The van der Waals surface area contributed by atoms with Gasteiger partial charge >= 0.3 is 0 Å². The van der Waals surface area contributed by atoms with Crippen molar-refractivity contribution in [2.75, 3.05) is 13.2 Å². The lowest BCUT2D eigenvalue weighted by atomic mass is 10.0. The molecule has 1 aliphatic rings. The summed E-state index contributed by atoms with van der Waals surface area (Å²) in [5.74, 6) is 1.53. The normalized spacial score (nSPS) is 14.2. The van der Waals surface area contributed by atoms with E-state index < -0.39 is 0 Å². The highest BCUT2D eigenvalue weighted by Crippen LogP contribution is 2.41. The standard InChI is InChI=1S/C23H25N3O4/c1-4-26(13-19-24-17-10-6-5-9-16(17)22(28)25-19)20(27)14-29-18-11-7-8-15-12-23(2,3)30-21(15)18/h5-11H,4,12-14H2,1-3H3,(H,24,25,28). The summed E-state index contributed by atoms with van der Waals surface area (Å²) in [6, 6.07) is 12.9. The molecule has 0 atom stereocenters. The third-order valence-corrected chi connectivity index (χ3v) is 5.14. The Morgan fingerprint density at radius 3 is 2.83 bits per heavy atom. The van der Waals surface area contributed by atoms with Gasteiger partial charge in [0.1, 0.15) is 11.4 Å². The van der Waals surface area contributed by atoms with Gasteiger partial charge in [0.25, 0.3) is 11.5 Å². The van der Waals surface area contributed by atoms with Crippen molar-refractivity contribution in [2.45, 2.75) is 39.3 Å². The number of amides is 1. The molecule has 7 nitrogen and oxygen atoms in total. The van der Waals surface area contributed by atoms with E-state index in [1.165, 1.54) is 0 Å². The van der Waals surface area contributed by atoms with Crippen molar-refractivity contribution < 1.29 is 14.3 Å². The van der Waals surface area contributed by atoms with Crippen molar-refractivity contribution in [3.8, 4) is 11.5 Å². The number of rotatable bonds is 6. The van der Waals surface area contributed by atoms with E-state index in [-0.39, 0.29) is 30.2 Å². The third kappa shape index (κ3) is 4.01. The predicted molar refractivity (Wildman–Crippen MR) is 114 cm³/mol. The average molecular weight is 407 g/mol. The Kier molecular flexibility index (Phi) is 5.20. The van der Waals surface area contributed by atoms with E-state index in [0.29, 0.717) is 34.8 Å². The molecule has 0 spiro atoms. The molecule has 7 heteroatoms. The number of aromatic nitrogens is 2. The molecule has 0 saturated heterocycles. The molecule has 2 heterocycles. The topological polar surface area (TPSA) is 84.5 Å². The van der Waals surface area contributed by atoms with Crippen molar-refractivity contribution >= 4 is 16.8 Å². The molecule has 0 fully saturated rings. The number of carbonyl (C=O) groups excluding carboxylic acids is 1. The highest BCUT2D eigenvalue weighted by molar-refractivity contribution is 5.78. The second-order valence-corrected chi connectivity index (χ2v) is 8.01. The van der Waals surface area contributed by atoms with Crippen LogP contribution in [-0.4, -0.2) is 39.5 Å². The Morgan fingerprint density at radius 1 is 1.23 bits per heavy atom. The maximum Gasteiger partial charge on any atom is 0.260 e. The number of hydrogen-bond acceptors (Lipinski definition) is 5. The number of aromatic amines is 1. The molecule has 4 rings (SSSR count). The summed E-state index contributed by atoms with van der Waals surface area (Å²) in [7, 11) is 0. The molecule has 0 unspecified atom stereocenters. The lowest BCUT2D eigenvalue weighted by Crippen LogP contribution is -2.35. The van der Waals surface area contributed by atoms with Crippen molar-refractivity contribution in [2.24, 2.45) is 0 Å². The molecule has 30 heavy (non-hydrogen) atoms. The van der Waals surface area contributed by atoms with Gasteiger partial charge in [0.2, 0.25) is 0 Å². The largest absolute Gasteiger partial charge is 0.483 e. The molecule has 2 aromatic carbocycles. The van der Waals surface area contributed by atoms with E-state index in [1.807, 2.05) is 45.0 Å². The number of ether oxygens (including phenoxy) is 2. The van der Waals surface area contributed by atoms with Gasteiger partial charge in [-0.25, -0.2) is 4.98 Å². The van der Waals surface area contributed by atoms with Crippen LogP contribution in [0.15, 0.2) is 47.3 Å². The summed E-state index contributed by atoms with van der Waals surface area (Å²) in [4.78, 5) is 33.9. The van der Waals surface area contributed by atoms with E-state index in [4.69, 9.17) is 9.47 Å². The lowest BCUT2D eigenvalue weighted by molar-refractivity contribution is -0.133. The minimum Gasteiger partial charge on any atom is -0.483 e. The van der Waals surface area contributed by atoms with Gasteiger partial charge in [-0.2, -0.15) is 0 Å². The van der Waals surface area contributed by atoms with Crippen LogP contribution in [0.25, 0.3) is 10.9 Å². The number of nitrogens with one attached hydrogen (secondary N) is 1. The fourth-order valence-electron chi connectivity index (χ4n) is 3.70. The SMILES string of the molecule is CCN(Cc1nc2ccccc2c(=O)[nH]1)C(=O)COc1cccc2c1OC(C)(C)C2. The molecule has 0 saturated carbocycles. The first-order valence-electron chi connectivity index (χ1n) is 10.1. The Labute approximate surface area is 174 Å². The van der Waals surface area contributed by atoms with Crippen LogP contribution in [0.1, 0.15) is 32.2 Å². The maximum absolute atomic E-state index is 12.8.